The van der Waals surface area contributed by atoms with Gasteiger partial charge in [0.1, 0.15) is 5.82 Å². The molecule has 0 fully saturated rings. The molecule has 4 nitrogen and oxygen atoms in total. The van der Waals surface area contributed by atoms with E-state index in [4.69, 9.17) is 0 Å². The first-order valence-corrected chi connectivity index (χ1v) is 6.08. The lowest BCUT2D eigenvalue weighted by molar-refractivity contribution is -0.276. The number of halogens is 5. The fourth-order valence-electron chi connectivity index (χ4n) is 1.17. The molecule has 0 bridgehead atoms. The van der Waals surface area contributed by atoms with E-state index in [9.17, 15) is 22.4 Å². The third-order valence-corrected chi connectivity index (χ3v) is 2.49. The van der Waals surface area contributed by atoms with E-state index in [1.54, 1.807) is 0 Å². The topological polar surface area (TPSA) is 48.4 Å². The van der Waals surface area contributed by atoms with E-state index in [0.717, 1.165) is 6.20 Å². The third kappa shape index (κ3) is 4.05. The molecule has 0 unspecified atom stereocenters. The number of nitrogens with zero attached hydrogens (tertiary/aromatic N) is 1. The Morgan fingerprint density at radius 3 is 2.58 bits per heavy atom. The Morgan fingerprint density at radius 2 is 2.11 bits per heavy atom. The van der Waals surface area contributed by atoms with Crippen molar-refractivity contribution >= 4 is 21.9 Å². The lowest BCUT2D eigenvalue weighted by Gasteiger charge is -2.13. The smallest absolute Gasteiger partial charge is 0.462 e. The van der Waals surface area contributed by atoms with Gasteiger partial charge >= 0.3 is 12.3 Å². The third-order valence-electron chi connectivity index (χ3n) is 1.89. The molecule has 106 valence electrons. The maximum Gasteiger partial charge on any atom is 0.574 e. The van der Waals surface area contributed by atoms with Crippen molar-refractivity contribution in [3.05, 3.63) is 23.1 Å². The maximum atomic E-state index is 13.9. The van der Waals surface area contributed by atoms with E-state index in [1.807, 2.05) is 0 Å². The molecule has 9 heteroatoms. The minimum absolute atomic E-state index is 0.0233. The minimum atomic E-state index is -5.09. The van der Waals surface area contributed by atoms with Gasteiger partial charge in [0.2, 0.25) is 5.88 Å². The number of carbonyl (C=O) groups is 1. The van der Waals surface area contributed by atoms with Gasteiger partial charge < -0.3 is 9.47 Å². The van der Waals surface area contributed by atoms with Crippen molar-refractivity contribution in [3.63, 3.8) is 0 Å². The summed E-state index contributed by atoms with van der Waals surface area (Å²) in [5.74, 6) is -3.60. The zero-order chi connectivity index (χ0) is 14.6. The first kappa shape index (κ1) is 15.7. The zero-order valence-electron chi connectivity index (χ0n) is 9.55. The van der Waals surface area contributed by atoms with Crippen molar-refractivity contribution in [2.45, 2.75) is 18.6 Å². The monoisotopic (exact) mass is 345 g/mol. The molecular weight excluding hydrogens is 338 g/mol. The molecule has 1 rings (SSSR count). The Morgan fingerprint density at radius 1 is 1.47 bits per heavy atom. The summed E-state index contributed by atoms with van der Waals surface area (Å²) in [4.78, 5) is 14.8. The number of rotatable bonds is 4. The lowest BCUT2D eigenvalue weighted by atomic mass is 10.2. The average molecular weight is 346 g/mol. The van der Waals surface area contributed by atoms with Crippen LogP contribution in [0.5, 0.6) is 5.88 Å². The van der Waals surface area contributed by atoms with Crippen molar-refractivity contribution in [2.75, 3.05) is 6.61 Å². The predicted molar refractivity (Wildman–Crippen MR) is 59.5 cm³/mol. The van der Waals surface area contributed by atoms with E-state index < -0.39 is 29.6 Å². The van der Waals surface area contributed by atoms with Gasteiger partial charge in [-0.2, -0.15) is 0 Å². The second kappa shape index (κ2) is 6.18. The maximum absolute atomic E-state index is 13.9. The molecule has 0 aromatic carbocycles. The Labute approximate surface area is 113 Å². The summed E-state index contributed by atoms with van der Waals surface area (Å²) in [6.07, 6.45) is -4.25. The Kier molecular flexibility index (Phi) is 5.10. The van der Waals surface area contributed by atoms with Gasteiger partial charge in [-0.25, -0.2) is 14.2 Å². The van der Waals surface area contributed by atoms with E-state index in [1.165, 1.54) is 6.92 Å². The summed E-state index contributed by atoms with van der Waals surface area (Å²) in [5, 5.41) is -0.0233. The molecule has 0 aliphatic rings. The second-order valence-corrected chi connectivity index (χ2v) is 3.74. The van der Waals surface area contributed by atoms with Crippen LogP contribution in [0.15, 0.2) is 6.20 Å². The van der Waals surface area contributed by atoms with Crippen molar-refractivity contribution in [3.8, 4) is 5.88 Å². The fourth-order valence-corrected chi connectivity index (χ4v) is 1.56. The van der Waals surface area contributed by atoms with Crippen LogP contribution in [0.4, 0.5) is 17.6 Å². The molecule has 19 heavy (non-hydrogen) atoms. The standard InChI is InChI=1S/C10H8BrF4NO3/c1-2-18-9(17)6-7(12)5(3-11)4-16-8(6)19-10(13,14)15/h4H,2-3H2,1H3. The largest absolute Gasteiger partial charge is 0.574 e. The summed E-state index contributed by atoms with van der Waals surface area (Å²) in [7, 11) is 0. The lowest BCUT2D eigenvalue weighted by Crippen LogP contribution is -2.22. The van der Waals surface area contributed by atoms with Gasteiger partial charge in [0.05, 0.1) is 6.61 Å². The van der Waals surface area contributed by atoms with E-state index in [-0.39, 0.29) is 17.5 Å². The van der Waals surface area contributed by atoms with Gasteiger partial charge in [0.25, 0.3) is 0 Å². The highest BCUT2D eigenvalue weighted by atomic mass is 79.9. The van der Waals surface area contributed by atoms with Gasteiger partial charge in [-0.3, -0.25) is 0 Å². The van der Waals surface area contributed by atoms with Crippen molar-refractivity contribution in [1.82, 2.24) is 4.98 Å². The Balaban J connectivity index is 3.30. The SMILES string of the molecule is CCOC(=O)c1c(OC(F)(F)F)ncc(CBr)c1F. The van der Waals surface area contributed by atoms with E-state index >= 15 is 0 Å². The van der Waals surface area contributed by atoms with Gasteiger partial charge in [-0.15, -0.1) is 13.2 Å². The summed E-state index contributed by atoms with van der Waals surface area (Å²) in [6.45, 7) is 1.31. The van der Waals surface area contributed by atoms with E-state index in [2.05, 4.69) is 30.4 Å². The summed E-state index contributed by atoms with van der Waals surface area (Å²) >= 11 is 2.92. The number of carbonyl (C=O) groups excluding carboxylic acids is 1. The zero-order valence-corrected chi connectivity index (χ0v) is 11.1. The van der Waals surface area contributed by atoms with Crippen LogP contribution in [0, 0.1) is 5.82 Å². The van der Waals surface area contributed by atoms with Gasteiger partial charge in [-0.05, 0) is 6.92 Å². The molecule has 0 saturated carbocycles. The number of esters is 1. The van der Waals surface area contributed by atoms with Crippen LogP contribution in [0.1, 0.15) is 22.8 Å². The van der Waals surface area contributed by atoms with Crippen LogP contribution in [0.25, 0.3) is 0 Å². The Hall–Kier alpha value is -1.38. The summed E-state index contributed by atoms with van der Waals surface area (Å²) in [6, 6.07) is 0. The predicted octanol–water partition coefficient (Wildman–Crippen LogP) is 3.19. The molecule has 0 N–H and O–H groups in total. The number of alkyl halides is 4. The molecule has 0 atom stereocenters. The number of ether oxygens (including phenoxy) is 2. The molecule has 0 aliphatic heterocycles. The van der Waals surface area contributed by atoms with Crippen LogP contribution >= 0.6 is 15.9 Å². The molecule has 0 saturated heterocycles. The van der Waals surface area contributed by atoms with Crippen LogP contribution in [0.3, 0.4) is 0 Å². The molecule has 1 heterocycles. The average Bonchev–Trinajstić information content (AvgIpc) is 2.27. The van der Waals surface area contributed by atoms with Crippen LogP contribution in [0.2, 0.25) is 0 Å². The molecule has 0 aliphatic carbocycles. The van der Waals surface area contributed by atoms with Crippen LogP contribution < -0.4 is 4.74 Å². The fraction of sp³-hybridized carbons (Fsp3) is 0.400. The van der Waals surface area contributed by atoms with Gasteiger partial charge in [0.15, 0.2) is 5.56 Å². The van der Waals surface area contributed by atoms with Crippen molar-refractivity contribution in [2.24, 2.45) is 0 Å². The Bertz CT molecular complexity index is 479. The number of hydrogen-bond donors (Lipinski definition) is 0. The van der Waals surface area contributed by atoms with Crippen LogP contribution in [-0.4, -0.2) is 23.9 Å². The van der Waals surface area contributed by atoms with E-state index in [0.29, 0.717) is 0 Å². The molecule has 0 spiro atoms. The second-order valence-electron chi connectivity index (χ2n) is 3.18. The van der Waals surface area contributed by atoms with Crippen molar-refractivity contribution < 1.29 is 31.8 Å². The summed E-state index contributed by atoms with van der Waals surface area (Å²) in [5.41, 5.74) is -1.06. The normalized spacial score (nSPS) is 11.3. The quantitative estimate of drug-likeness (QED) is 0.477. The number of pyridine rings is 1. The highest BCUT2D eigenvalue weighted by Crippen LogP contribution is 2.28. The molecular formula is C10H8BrF4NO3. The minimum Gasteiger partial charge on any atom is -0.462 e. The molecule has 1 aromatic heterocycles. The molecule has 0 amide bonds. The van der Waals surface area contributed by atoms with Gasteiger partial charge in [0, 0.05) is 17.1 Å². The highest BCUT2D eigenvalue weighted by molar-refractivity contribution is 9.08. The number of aromatic nitrogens is 1. The van der Waals surface area contributed by atoms with Crippen LogP contribution in [-0.2, 0) is 10.1 Å². The molecule has 1 aromatic rings. The number of hydrogen-bond acceptors (Lipinski definition) is 4. The highest BCUT2D eigenvalue weighted by Gasteiger charge is 2.35. The summed E-state index contributed by atoms with van der Waals surface area (Å²) < 4.78 is 58.3. The first-order chi connectivity index (χ1) is 8.80. The molecule has 0 radical (unpaired) electrons. The van der Waals surface area contributed by atoms with Crippen molar-refractivity contribution in [1.29, 1.82) is 0 Å². The first-order valence-electron chi connectivity index (χ1n) is 4.96. The van der Waals surface area contributed by atoms with Gasteiger partial charge in [-0.1, -0.05) is 15.9 Å².